The molecule has 1 aromatic rings. The minimum atomic E-state index is -0.548. The lowest BCUT2D eigenvalue weighted by atomic mass is 9.95. The molecule has 146 valence electrons. The van der Waals surface area contributed by atoms with E-state index in [0.29, 0.717) is 18.2 Å². The predicted molar refractivity (Wildman–Crippen MR) is 104 cm³/mol. The van der Waals surface area contributed by atoms with Crippen molar-refractivity contribution in [3.63, 3.8) is 0 Å². The molecule has 1 fully saturated rings. The van der Waals surface area contributed by atoms with E-state index in [4.69, 9.17) is 4.74 Å². The first kappa shape index (κ1) is 20.7. The average molecular weight is 382 g/mol. The Labute approximate surface area is 160 Å². The van der Waals surface area contributed by atoms with Crippen molar-refractivity contribution in [2.24, 2.45) is 5.92 Å². The molecule has 0 radical (unpaired) electrons. The summed E-state index contributed by atoms with van der Waals surface area (Å²) in [5, 5.41) is 8.61. The number of nitrogens with one attached hydrogen (secondary N) is 2. The molecule has 1 heterocycles. The third-order valence-corrected chi connectivity index (χ3v) is 5.52. The molecule has 2 amide bonds. The lowest BCUT2D eigenvalue weighted by Crippen LogP contribution is -2.55. The molecule has 1 unspecified atom stereocenters. The minimum absolute atomic E-state index is 0.0821. The van der Waals surface area contributed by atoms with Crippen LogP contribution in [0.1, 0.15) is 76.8 Å². The van der Waals surface area contributed by atoms with Crippen LogP contribution in [0, 0.1) is 5.92 Å². The van der Waals surface area contributed by atoms with Crippen LogP contribution in [0.3, 0.4) is 0 Å². The molecule has 26 heavy (non-hydrogen) atoms. The van der Waals surface area contributed by atoms with Crippen LogP contribution in [0.25, 0.3) is 0 Å². The fourth-order valence-corrected chi connectivity index (χ4v) is 3.51. The van der Waals surface area contributed by atoms with Crippen molar-refractivity contribution in [3.05, 3.63) is 16.1 Å². The fourth-order valence-electron chi connectivity index (χ4n) is 2.63. The standard InChI is InChI=1S/C19H31N3O3S/c1-17(2,3)15-21-13(10-26-15)14(23)22-19(7,12-8-9-12)11-20-16(24)25-18(4,5)6/h10,12H,8-9,11H2,1-7H3,(H,20,24)(H,22,23). The van der Waals surface area contributed by atoms with Crippen LogP contribution >= 0.6 is 11.3 Å². The molecule has 1 aliphatic rings. The van der Waals surface area contributed by atoms with Gasteiger partial charge in [-0.1, -0.05) is 20.8 Å². The van der Waals surface area contributed by atoms with E-state index in [9.17, 15) is 9.59 Å². The molecule has 7 heteroatoms. The summed E-state index contributed by atoms with van der Waals surface area (Å²) >= 11 is 1.50. The minimum Gasteiger partial charge on any atom is -0.444 e. The number of rotatable bonds is 5. The third kappa shape index (κ3) is 5.69. The summed E-state index contributed by atoms with van der Waals surface area (Å²) in [5.74, 6) is 0.152. The number of aromatic nitrogens is 1. The van der Waals surface area contributed by atoms with Crippen LogP contribution in [0.15, 0.2) is 5.38 Å². The van der Waals surface area contributed by atoms with Crippen molar-refractivity contribution < 1.29 is 14.3 Å². The van der Waals surface area contributed by atoms with Gasteiger partial charge in [0.1, 0.15) is 11.3 Å². The number of ether oxygens (including phenoxy) is 1. The highest BCUT2D eigenvalue weighted by Crippen LogP contribution is 2.39. The molecule has 0 bridgehead atoms. The second-order valence-electron chi connectivity index (χ2n) is 9.29. The number of carbonyl (C=O) groups is 2. The lowest BCUT2D eigenvalue weighted by molar-refractivity contribution is 0.0502. The Balaban J connectivity index is 2.01. The number of hydrogen-bond acceptors (Lipinski definition) is 5. The lowest BCUT2D eigenvalue weighted by Gasteiger charge is -2.31. The SMILES string of the molecule is CC(C)(C)OC(=O)NCC(C)(NC(=O)c1csc(C(C)(C)C)n1)C1CC1. The van der Waals surface area contributed by atoms with Gasteiger partial charge in [0.25, 0.3) is 5.91 Å². The summed E-state index contributed by atoms with van der Waals surface area (Å²) in [4.78, 5) is 29.1. The van der Waals surface area contributed by atoms with Gasteiger partial charge in [0.05, 0.1) is 10.5 Å². The Morgan fingerprint density at radius 3 is 2.27 bits per heavy atom. The van der Waals surface area contributed by atoms with Gasteiger partial charge < -0.3 is 15.4 Å². The monoisotopic (exact) mass is 381 g/mol. The molecular formula is C19H31N3O3S. The third-order valence-electron chi connectivity index (χ3n) is 4.25. The van der Waals surface area contributed by atoms with Gasteiger partial charge >= 0.3 is 6.09 Å². The zero-order valence-corrected chi connectivity index (χ0v) is 17.7. The van der Waals surface area contributed by atoms with Crippen LogP contribution in [0.2, 0.25) is 0 Å². The van der Waals surface area contributed by atoms with E-state index in [1.54, 1.807) is 5.38 Å². The highest BCUT2D eigenvalue weighted by molar-refractivity contribution is 7.10. The van der Waals surface area contributed by atoms with Crippen molar-refractivity contribution in [2.45, 2.75) is 77.9 Å². The Bertz CT molecular complexity index is 668. The van der Waals surface area contributed by atoms with Gasteiger partial charge in [0, 0.05) is 17.3 Å². The summed E-state index contributed by atoms with van der Waals surface area (Å²) in [6.07, 6.45) is 1.61. The van der Waals surface area contributed by atoms with Crippen LogP contribution in [0.4, 0.5) is 4.79 Å². The topological polar surface area (TPSA) is 80.3 Å². The van der Waals surface area contributed by atoms with Crippen LogP contribution in [-0.4, -0.2) is 34.7 Å². The normalized spacial score (nSPS) is 17.3. The Hall–Kier alpha value is -1.63. The largest absolute Gasteiger partial charge is 0.444 e. The van der Waals surface area contributed by atoms with Crippen LogP contribution in [-0.2, 0) is 10.2 Å². The zero-order valence-electron chi connectivity index (χ0n) is 16.9. The van der Waals surface area contributed by atoms with Crippen molar-refractivity contribution in [1.82, 2.24) is 15.6 Å². The maximum atomic E-state index is 12.7. The van der Waals surface area contributed by atoms with Crippen molar-refractivity contribution in [3.8, 4) is 0 Å². The Morgan fingerprint density at radius 2 is 1.81 bits per heavy atom. The predicted octanol–water partition coefficient (Wildman–Crippen LogP) is 3.86. The summed E-state index contributed by atoms with van der Waals surface area (Å²) in [7, 11) is 0. The number of nitrogens with zero attached hydrogens (tertiary/aromatic N) is 1. The molecule has 0 aromatic carbocycles. The smallest absolute Gasteiger partial charge is 0.407 e. The van der Waals surface area contributed by atoms with Gasteiger partial charge in [0.15, 0.2) is 0 Å². The highest BCUT2D eigenvalue weighted by atomic mass is 32.1. The first-order chi connectivity index (χ1) is 11.8. The molecule has 1 saturated carbocycles. The molecule has 6 nitrogen and oxygen atoms in total. The number of thiazole rings is 1. The van der Waals surface area contributed by atoms with Crippen LogP contribution < -0.4 is 10.6 Å². The maximum Gasteiger partial charge on any atom is 0.407 e. The number of carbonyl (C=O) groups excluding carboxylic acids is 2. The van der Waals surface area contributed by atoms with Crippen molar-refractivity contribution in [1.29, 1.82) is 0 Å². The van der Waals surface area contributed by atoms with Gasteiger partial charge in [0.2, 0.25) is 0 Å². The molecule has 0 spiro atoms. The second kappa shape index (κ2) is 7.18. The first-order valence-corrected chi connectivity index (χ1v) is 9.93. The molecule has 2 rings (SSSR count). The molecule has 0 saturated heterocycles. The summed E-state index contributed by atoms with van der Waals surface area (Å²) in [6, 6.07) is 0. The first-order valence-electron chi connectivity index (χ1n) is 9.05. The number of alkyl carbamates (subject to hydrolysis) is 1. The maximum absolute atomic E-state index is 12.7. The van der Waals surface area contributed by atoms with Gasteiger partial charge in [-0.15, -0.1) is 11.3 Å². The van der Waals surface area contributed by atoms with E-state index in [0.717, 1.165) is 17.8 Å². The van der Waals surface area contributed by atoms with Gasteiger partial charge in [-0.2, -0.15) is 0 Å². The van der Waals surface area contributed by atoms with E-state index in [2.05, 4.69) is 36.4 Å². The van der Waals surface area contributed by atoms with Crippen molar-refractivity contribution in [2.75, 3.05) is 6.54 Å². The summed E-state index contributed by atoms with van der Waals surface area (Å²) < 4.78 is 5.29. The van der Waals surface area contributed by atoms with E-state index in [1.807, 2.05) is 27.7 Å². The zero-order chi connectivity index (χ0) is 19.8. The van der Waals surface area contributed by atoms with Crippen molar-refractivity contribution >= 4 is 23.3 Å². The Kier molecular flexibility index (Phi) is 5.71. The van der Waals surface area contributed by atoms with E-state index >= 15 is 0 Å². The van der Waals surface area contributed by atoms with Crippen LogP contribution in [0.5, 0.6) is 0 Å². The molecule has 1 atom stereocenters. The summed E-state index contributed by atoms with van der Waals surface area (Å²) in [5.41, 5.74) is -0.710. The van der Waals surface area contributed by atoms with Gasteiger partial charge in [-0.25, -0.2) is 9.78 Å². The highest BCUT2D eigenvalue weighted by Gasteiger charge is 2.43. The average Bonchev–Trinajstić information content (AvgIpc) is 3.19. The van der Waals surface area contributed by atoms with E-state index in [-0.39, 0.29) is 11.3 Å². The number of amides is 2. The van der Waals surface area contributed by atoms with Gasteiger partial charge in [-0.3, -0.25) is 4.79 Å². The second-order valence-corrected chi connectivity index (χ2v) is 10.1. The van der Waals surface area contributed by atoms with Gasteiger partial charge in [-0.05, 0) is 46.5 Å². The molecule has 1 aliphatic carbocycles. The molecule has 2 N–H and O–H groups in total. The quantitative estimate of drug-likeness (QED) is 0.811. The Morgan fingerprint density at radius 1 is 1.19 bits per heavy atom. The number of hydrogen-bond donors (Lipinski definition) is 2. The molecule has 0 aliphatic heterocycles. The fraction of sp³-hybridized carbons (Fsp3) is 0.737. The summed E-state index contributed by atoms with van der Waals surface area (Å²) in [6.45, 7) is 14.0. The van der Waals surface area contributed by atoms with E-state index < -0.39 is 17.2 Å². The van der Waals surface area contributed by atoms with E-state index in [1.165, 1.54) is 11.3 Å². The molecule has 1 aromatic heterocycles. The molecular weight excluding hydrogens is 350 g/mol.